The molecule has 1 N–H and O–H groups in total. The number of anilines is 1. The Kier molecular flexibility index (Phi) is 5.28. The lowest BCUT2D eigenvalue weighted by Gasteiger charge is -2.13. The maximum Gasteiger partial charge on any atom is 0.418 e. The number of amides is 1. The lowest BCUT2D eigenvalue weighted by molar-refractivity contribution is -0.137. The number of carbonyl (C=O) groups excluding carboxylic acids is 1. The van der Waals surface area contributed by atoms with Crippen LogP contribution in [0.2, 0.25) is 0 Å². The van der Waals surface area contributed by atoms with Crippen LogP contribution >= 0.6 is 0 Å². The second-order valence-corrected chi connectivity index (χ2v) is 6.66. The molecule has 2 aromatic carbocycles. The number of hydrogen-bond donors (Lipinski definition) is 1. The van der Waals surface area contributed by atoms with Gasteiger partial charge in [-0.15, -0.1) is 0 Å². The molecule has 0 aliphatic carbocycles. The molecule has 0 radical (unpaired) electrons. The molecule has 0 atom stereocenters. The third-order valence-corrected chi connectivity index (χ3v) is 4.60. The highest BCUT2D eigenvalue weighted by Crippen LogP contribution is 2.34. The lowest BCUT2D eigenvalue weighted by atomic mass is 10.1. The van der Waals surface area contributed by atoms with Crippen LogP contribution < -0.4 is 10.9 Å². The van der Waals surface area contributed by atoms with E-state index in [4.69, 9.17) is 4.52 Å². The number of halogens is 3. The quantitative estimate of drug-likeness (QED) is 0.517. The van der Waals surface area contributed by atoms with Gasteiger partial charge in [0.1, 0.15) is 17.4 Å². The largest absolute Gasteiger partial charge is 0.418 e. The molecule has 0 aliphatic heterocycles. The molecule has 0 saturated heterocycles. The van der Waals surface area contributed by atoms with Crippen LogP contribution in [0.1, 0.15) is 12.0 Å². The molecule has 4 aromatic rings. The molecule has 1 amide bonds. The van der Waals surface area contributed by atoms with Gasteiger partial charge in [-0.05, 0) is 12.1 Å². The van der Waals surface area contributed by atoms with E-state index in [1.807, 2.05) is 6.07 Å². The van der Waals surface area contributed by atoms with Gasteiger partial charge < -0.3 is 9.84 Å². The number of para-hydroxylation sites is 1. The van der Waals surface area contributed by atoms with Crippen molar-refractivity contribution < 1.29 is 22.5 Å². The minimum Gasteiger partial charge on any atom is -0.335 e. The van der Waals surface area contributed by atoms with Gasteiger partial charge in [0.05, 0.1) is 11.3 Å². The number of nitrogens with one attached hydrogen (secondary N) is 1. The van der Waals surface area contributed by atoms with E-state index in [1.165, 1.54) is 29.1 Å². The minimum absolute atomic E-state index is 0.0589. The zero-order chi connectivity index (χ0) is 22.0. The fourth-order valence-electron chi connectivity index (χ4n) is 3.11. The van der Waals surface area contributed by atoms with Gasteiger partial charge in [0.15, 0.2) is 0 Å². The van der Waals surface area contributed by atoms with E-state index in [9.17, 15) is 22.8 Å². The van der Waals surface area contributed by atoms with Crippen molar-refractivity contribution in [2.45, 2.75) is 19.1 Å². The van der Waals surface area contributed by atoms with Gasteiger partial charge in [0.2, 0.25) is 5.91 Å². The summed E-state index contributed by atoms with van der Waals surface area (Å²) in [6.45, 7) is -0.0821. The van der Waals surface area contributed by atoms with E-state index in [0.717, 1.165) is 6.07 Å². The monoisotopic (exact) mass is 428 g/mol. The molecule has 7 nitrogen and oxygen atoms in total. The summed E-state index contributed by atoms with van der Waals surface area (Å²) >= 11 is 0. The van der Waals surface area contributed by atoms with Crippen LogP contribution in [0.15, 0.2) is 70.2 Å². The Morgan fingerprint density at radius 3 is 2.52 bits per heavy atom. The third kappa shape index (κ3) is 4.18. The van der Waals surface area contributed by atoms with E-state index in [0.29, 0.717) is 11.3 Å². The SMILES string of the molecule is O=C(CCn1cnc2onc(-c3ccccc3)c2c1=O)Nc1ccccc1C(F)(F)F. The molecule has 4 rings (SSSR count). The van der Waals surface area contributed by atoms with E-state index in [2.05, 4.69) is 15.5 Å². The molecule has 10 heteroatoms. The number of rotatable bonds is 5. The Bertz CT molecular complexity index is 1300. The number of alkyl halides is 3. The number of benzene rings is 2. The molecule has 2 heterocycles. The van der Waals surface area contributed by atoms with Gasteiger partial charge in [-0.2, -0.15) is 13.2 Å². The smallest absolute Gasteiger partial charge is 0.335 e. The van der Waals surface area contributed by atoms with Crippen LogP contribution in [-0.4, -0.2) is 20.6 Å². The van der Waals surface area contributed by atoms with Crippen molar-refractivity contribution in [1.82, 2.24) is 14.7 Å². The Morgan fingerprint density at radius 2 is 1.77 bits per heavy atom. The van der Waals surface area contributed by atoms with Crippen LogP contribution in [0.4, 0.5) is 18.9 Å². The molecule has 0 bridgehead atoms. The highest BCUT2D eigenvalue weighted by atomic mass is 19.4. The first kappa shape index (κ1) is 20.3. The summed E-state index contributed by atoms with van der Waals surface area (Å²) in [6, 6.07) is 13.6. The Morgan fingerprint density at radius 1 is 1.06 bits per heavy atom. The molecule has 31 heavy (non-hydrogen) atoms. The number of aryl methyl sites for hydroxylation is 1. The number of fused-ring (bicyclic) bond motifs is 1. The number of hydrogen-bond acceptors (Lipinski definition) is 5. The Hall–Kier alpha value is -3.95. The molecular formula is C21H15F3N4O3. The summed E-state index contributed by atoms with van der Waals surface area (Å²) in [7, 11) is 0. The standard InChI is InChI=1S/C21H15F3N4O3/c22-21(23,24)14-8-4-5-9-15(14)26-16(29)10-11-28-12-25-19-17(20(28)30)18(27-31-19)13-6-2-1-3-7-13/h1-9,12H,10-11H2,(H,26,29). The van der Waals surface area contributed by atoms with E-state index in [1.54, 1.807) is 24.3 Å². The van der Waals surface area contributed by atoms with E-state index >= 15 is 0 Å². The van der Waals surface area contributed by atoms with Gasteiger partial charge >= 0.3 is 6.18 Å². The van der Waals surface area contributed by atoms with Gasteiger partial charge in [-0.25, -0.2) is 4.98 Å². The van der Waals surface area contributed by atoms with Gasteiger partial charge in [0, 0.05) is 18.5 Å². The lowest BCUT2D eigenvalue weighted by Crippen LogP contribution is -2.24. The first-order valence-corrected chi connectivity index (χ1v) is 9.21. The first-order valence-electron chi connectivity index (χ1n) is 9.21. The molecule has 2 aromatic heterocycles. The van der Waals surface area contributed by atoms with E-state index < -0.39 is 23.2 Å². The number of nitrogens with zero attached hydrogens (tertiary/aromatic N) is 3. The fraction of sp³-hybridized carbons (Fsp3) is 0.143. The topological polar surface area (TPSA) is 90.0 Å². The van der Waals surface area contributed by atoms with Crippen molar-refractivity contribution in [3.63, 3.8) is 0 Å². The number of aromatic nitrogens is 3. The minimum atomic E-state index is -4.60. The van der Waals surface area contributed by atoms with Crippen molar-refractivity contribution in [1.29, 1.82) is 0 Å². The maximum atomic E-state index is 13.1. The third-order valence-electron chi connectivity index (χ3n) is 4.60. The van der Waals surface area contributed by atoms with Crippen molar-refractivity contribution in [3.8, 4) is 11.3 Å². The van der Waals surface area contributed by atoms with Gasteiger partial charge in [-0.1, -0.05) is 47.6 Å². The summed E-state index contributed by atoms with van der Waals surface area (Å²) in [5.41, 5.74) is -0.699. The Labute approximate surface area is 173 Å². The highest BCUT2D eigenvalue weighted by molar-refractivity contribution is 5.91. The van der Waals surface area contributed by atoms with E-state index in [-0.39, 0.29) is 29.8 Å². The molecule has 158 valence electrons. The first-order chi connectivity index (χ1) is 14.8. The van der Waals surface area contributed by atoms with Crippen molar-refractivity contribution in [3.05, 3.63) is 76.8 Å². The second-order valence-electron chi connectivity index (χ2n) is 6.66. The summed E-state index contributed by atoms with van der Waals surface area (Å²) in [6.07, 6.45) is -3.62. The molecular weight excluding hydrogens is 413 g/mol. The molecule has 0 aliphatic rings. The van der Waals surface area contributed by atoms with Crippen molar-refractivity contribution in [2.75, 3.05) is 5.32 Å². The van der Waals surface area contributed by atoms with Crippen LogP contribution in [0.3, 0.4) is 0 Å². The zero-order valence-electron chi connectivity index (χ0n) is 15.9. The predicted octanol–water partition coefficient (Wildman–Crippen LogP) is 4.10. The Balaban J connectivity index is 1.55. The highest BCUT2D eigenvalue weighted by Gasteiger charge is 2.33. The van der Waals surface area contributed by atoms with Crippen molar-refractivity contribution >= 4 is 22.7 Å². The molecule has 0 spiro atoms. The molecule has 0 saturated carbocycles. The fourth-order valence-corrected chi connectivity index (χ4v) is 3.11. The molecule has 0 fully saturated rings. The van der Waals surface area contributed by atoms with Crippen LogP contribution in [0.5, 0.6) is 0 Å². The second kappa shape index (κ2) is 8.05. The van der Waals surface area contributed by atoms with Crippen LogP contribution in [0.25, 0.3) is 22.4 Å². The normalized spacial score (nSPS) is 11.6. The van der Waals surface area contributed by atoms with Crippen LogP contribution in [0, 0.1) is 0 Å². The summed E-state index contributed by atoms with van der Waals surface area (Å²) in [5.74, 6) is -0.669. The van der Waals surface area contributed by atoms with Crippen LogP contribution in [-0.2, 0) is 17.5 Å². The average molecular weight is 428 g/mol. The summed E-state index contributed by atoms with van der Waals surface area (Å²) < 4.78 is 45.6. The average Bonchev–Trinajstić information content (AvgIpc) is 3.18. The molecule has 0 unspecified atom stereocenters. The number of carbonyl (C=O) groups is 1. The maximum absolute atomic E-state index is 13.1. The predicted molar refractivity (Wildman–Crippen MR) is 106 cm³/mol. The van der Waals surface area contributed by atoms with Gasteiger partial charge in [-0.3, -0.25) is 14.2 Å². The zero-order valence-corrected chi connectivity index (χ0v) is 15.9. The van der Waals surface area contributed by atoms with Crippen molar-refractivity contribution in [2.24, 2.45) is 0 Å². The summed E-state index contributed by atoms with van der Waals surface area (Å²) in [5, 5.41) is 6.33. The van der Waals surface area contributed by atoms with Gasteiger partial charge in [0.25, 0.3) is 11.3 Å². The summed E-state index contributed by atoms with van der Waals surface area (Å²) in [4.78, 5) is 29.2.